The van der Waals surface area contributed by atoms with Gasteiger partial charge in [0.1, 0.15) is 24.1 Å². The highest BCUT2D eigenvalue weighted by Gasteiger charge is 2.65. The fraction of sp³-hybridized carbons (Fsp3) is 0.700. The monoisotopic (exact) mass is 725 g/mol. The summed E-state index contributed by atoms with van der Waals surface area (Å²) in [6.45, 7) is 10.8. The fourth-order valence-electron chi connectivity index (χ4n) is 8.67. The number of fused-ring (bicyclic) bond motifs is 2. The average Bonchev–Trinajstić information content (AvgIpc) is 3.99. The van der Waals surface area contributed by atoms with Gasteiger partial charge in [0, 0.05) is 64.2 Å². The number of hydrogen-bond donors (Lipinski definition) is 2. The number of aliphatic hydroxyl groups is 2. The Kier molecular flexibility index (Phi) is 13.5. The minimum atomic E-state index is -1.31. The first-order valence-corrected chi connectivity index (χ1v) is 19.5. The Balaban J connectivity index is 1.51. The van der Waals surface area contributed by atoms with Crippen LogP contribution in [0.5, 0.6) is 11.5 Å². The number of carbonyl (C=O) groups excluding carboxylic acids is 1. The average molecular weight is 726 g/mol. The molecule has 1 saturated carbocycles. The highest BCUT2D eigenvalue weighted by atomic mass is 16.8. The van der Waals surface area contributed by atoms with Crippen molar-refractivity contribution in [2.75, 3.05) is 66.3 Å². The lowest BCUT2D eigenvalue weighted by molar-refractivity contribution is -0.254. The van der Waals surface area contributed by atoms with Crippen LogP contribution < -0.4 is 9.47 Å². The van der Waals surface area contributed by atoms with E-state index in [2.05, 4.69) is 23.6 Å². The second-order valence-corrected chi connectivity index (χ2v) is 14.7. The van der Waals surface area contributed by atoms with Crippen LogP contribution in [0.4, 0.5) is 4.79 Å². The van der Waals surface area contributed by atoms with Crippen LogP contribution in [-0.2, 0) is 19.0 Å². The maximum Gasteiger partial charge on any atom is 0.409 e. The summed E-state index contributed by atoms with van der Waals surface area (Å²) in [6.07, 6.45) is 11.1. The van der Waals surface area contributed by atoms with Crippen LogP contribution in [0.15, 0.2) is 47.7 Å². The summed E-state index contributed by atoms with van der Waals surface area (Å²) < 4.78 is 31.9. The van der Waals surface area contributed by atoms with Crippen LogP contribution in [0.2, 0.25) is 0 Å². The van der Waals surface area contributed by atoms with Crippen molar-refractivity contribution in [3.05, 3.63) is 48.1 Å². The summed E-state index contributed by atoms with van der Waals surface area (Å²) >= 11 is 0. The molecule has 7 atom stereocenters. The molecule has 288 valence electrons. The van der Waals surface area contributed by atoms with Crippen LogP contribution in [0, 0.1) is 17.8 Å². The molecule has 5 aliphatic rings. The van der Waals surface area contributed by atoms with E-state index in [1.165, 1.54) is 0 Å². The summed E-state index contributed by atoms with van der Waals surface area (Å²) in [6, 6.07) is 5.44. The third kappa shape index (κ3) is 8.62. The third-order valence-electron chi connectivity index (χ3n) is 11.3. The lowest BCUT2D eigenvalue weighted by atomic mass is 9.55. The van der Waals surface area contributed by atoms with E-state index in [9.17, 15) is 15.0 Å². The maximum absolute atomic E-state index is 13.6. The molecule has 1 aromatic carbocycles. The Morgan fingerprint density at radius 1 is 1.15 bits per heavy atom. The Morgan fingerprint density at radius 2 is 1.96 bits per heavy atom. The molecule has 52 heavy (non-hydrogen) atoms. The van der Waals surface area contributed by atoms with Crippen LogP contribution >= 0.6 is 0 Å². The molecule has 6 rings (SSSR count). The third-order valence-corrected chi connectivity index (χ3v) is 11.3. The van der Waals surface area contributed by atoms with Crippen LogP contribution in [0.1, 0.15) is 82.6 Å². The second kappa shape index (κ2) is 18.2. The Bertz CT molecular complexity index is 1410. The normalized spacial score (nSPS) is 30.0. The second-order valence-electron chi connectivity index (χ2n) is 14.7. The van der Waals surface area contributed by atoms with E-state index in [1.807, 2.05) is 12.1 Å². The number of carbonyl (C=O) groups is 1. The number of benzene rings is 1. The van der Waals surface area contributed by atoms with Gasteiger partial charge in [-0.1, -0.05) is 30.1 Å². The van der Waals surface area contributed by atoms with Crippen molar-refractivity contribution in [3.8, 4) is 11.5 Å². The van der Waals surface area contributed by atoms with E-state index in [0.29, 0.717) is 38.2 Å². The molecule has 0 radical (unpaired) electrons. The number of aliphatic hydroxyl groups excluding tert-OH is 2. The molecule has 12 heteroatoms. The molecule has 0 bridgehead atoms. The zero-order chi connectivity index (χ0) is 36.5. The van der Waals surface area contributed by atoms with Crippen molar-refractivity contribution in [2.45, 2.75) is 95.2 Å². The molecule has 12 nitrogen and oxygen atoms in total. The van der Waals surface area contributed by atoms with Gasteiger partial charge in [-0.15, -0.1) is 6.58 Å². The minimum absolute atomic E-state index is 0.114. The highest BCUT2D eigenvalue weighted by Crippen LogP contribution is 2.61. The van der Waals surface area contributed by atoms with Gasteiger partial charge in [0.2, 0.25) is 12.1 Å². The molecule has 2 N–H and O–H groups in total. The zero-order valence-corrected chi connectivity index (χ0v) is 31.1. The van der Waals surface area contributed by atoms with Crippen LogP contribution in [0.25, 0.3) is 0 Å². The Hall–Kier alpha value is -3.16. The minimum Gasteiger partial charge on any atom is -0.492 e. The standard InChI is InChI=1S/C40H59N3O9/c1-4-22-50-40-35(42(3)39(46)47-5-2)27-33(41-52-36-14-8-11-23-49-36)31-25-28(12-6-9-20-44)30(13-7-10-21-45)37(38(31)40)32-26-29(15-16-34(32)51-40)48-24-19-43-17-18-43/h4,15-16,25-26,28,30,35-38,44-45H,1,5-14,17-24,27H2,2-3H3/t28-,30+,35-,36?,37+,38+,40+/m0/s1. The van der Waals surface area contributed by atoms with Crippen molar-refractivity contribution in [3.63, 3.8) is 0 Å². The molecular weight excluding hydrogens is 666 g/mol. The van der Waals surface area contributed by atoms with Crippen molar-refractivity contribution >= 4 is 11.8 Å². The Morgan fingerprint density at radius 3 is 2.67 bits per heavy atom. The largest absolute Gasteiger partial charge is 0.492 e. The number of oxime groups is 1. The molecular formula is C40H59N3O9. The smallest absolute Gasteiger partial charge is 0.409 e. The van der Waals surface area contributed by atoms with Gasteiger partial charge in [-0.05, 0) is 81.1 Å². The van der Waals surface area contributed by atoms with Gasteiger partial charge in [0.05, 0.1) is 31.5 Å². The quantitative estimate of drug-likeness (QED) is 0.0801. The van der Waals surface area contributed by atoms with Gasteiger partial charge in [-0.3, -0.25) is 4.90 Å². The van der Waals surface area contributed by atoms with Gasteiger partial charge in [-0.2, -0.15) is 0 Å². The number of nitrogens with zero attached hydrogens (tertiary/aromatic N) is 3. The highest BCUT2D eigenvalue weighted by molar-refractivity contribution is 6.02. The summed E-state index contributed by atoms with van der Waals surface area (Å²) in [5.74, 6) is -0.0483. The van der Waals surface area contributed by atoms with Crippen molar-refractivity contribution in [1.29, 1.82) is 0 Å². The number of unbranched alkanes of at least 4 members (excludes halogenated alkanes) is 2. The number of ether oxygens (including phenoxy) is 5. The van der Waals surface area contributed by atoms with E-state index in [1.54, 1.807) is 24.9 Å². The first-order chi connectivity index (χ1) is 25.4. The van der Waals surface area contributed by atoms with Crippen LogP contribution in [-0.4, -0.2) is 116 Å². The summed E-state index contributed by atoms with van der Waals surface area (Å²) in [4.78, 5) is 23.7. The first kappa shape index (κ1) is 38.6. The van der Waals surface area contributed by atoms with E-state index in [-0.39, 0.29) is 50.1 Å². The van der Waals surface area contributed by atoms with Crippen LogP contribution in [0.3, 0.4) is 0 Å². The van der Waals surface area contributed by atoms with Crippen molar-refractivity contribution in [2.24, 2.45) is 22.9 Å². The zero-order valence-electron chi connectivity index (χ0n) is 31.1. The predicted octanol–water partition coefficient (Wildman–Crippen LogP) is 5.63. The Labute approximate surface area is 308 Å². The molecule has 3 heterocycles. The van der Waals surface area contributed by atoms with Gasteiger partial charge in [-0.25, -0.2) is 4.79 Å². The van der Waals surface area contributed by atoms with E-state index >= 15 is 0 Å². The molecule has 2 saturated heterocycles. The predicted molar refractivity (Wildman–Crippen MR) is 196 cm³/mol. The maximum atomic E-state index is 13.6. The van der Waals surface area contributed by atoms with E-state index < -0.39 is 24.2 Å². The topological polar surface area (TPSA) is 132 Å². The van der Waals surface area contributed by atoms with E-state index in [0.717, 1.165) is 87.2 Å². The molecule has 1 amide bonds. The number of amides is 1. The summed E-state index contributed by atoms with van der Waals surface area (Å²) in [5, 5.41) is 24.5. The number of likely N-dealkylation sites (N-methyl/N-ethyl adjacent to an activating group) is 1. The van der Waals surface area contributed by atoms with Crippen molar-refractivity contribution < 1.29 is 43.5 Å². The first-order valence-electron chi connectivity index (χ1n) is 19.5. The molecule has 3 aliphatic heterocycles. The molecule has 3 fully saturated rings. The molecule has 0 spiro atoms. The lowest BCUT2D eigenvalue weighted by Crippen LogP contribution is -2.69. The molecule has 1 unspecified atom stereocenters. The summed E-state index contributed by atoms with van der Waals surface area (Å²) in [7, 11) is 1.74. The molecule has 1 aromatic rings. The van der Waals surface area contributed by atoms with E-state index in [4.69, 9.17) is 33.7 Å². The number of hydrogen-bond acceptors (Lipinski definition) is 11. The summed E-state index contributed by atoms with van der Waals surface area (Å²) in [5.41, 5.74) is 2.76. The van der Waals surface area contributed by atoms with Gasteiger partial charge in [0.15, 0.2) is 0 Å². The van der Waals surface area contributed by atoms with Gasteiger partial charge >= 0.3 is 6.09 Å². The lowest BCUT2D eigenvalue weighted by Gasteiger charge is -2.59. The number of rotatable bonds is 19. The fourth-order valence-corrected chi connectivity index (χ4v) is 8.67. The SMILES string of the molecule is C=CCO[C@@]12Oc3ccc(OCCN4CC4)cc3[C@H]3[C@H](CCCCO)[C@@H](CCCCO)C=C(C(=NOC4CCCCO4)C[C@@H]1N(C)C(=O)OCC)[C@H]32. The molecule has 0 aromatic heterocycles. The van der Waals surface area contributed by atoms with Gasteiger partial charge < -0.3 is 43.6 Å². The number of allylic oxidation sites excluding steroid dienone is 1. The molecule has 2 aliphatic carbocycles. The van der Waals surface area contributed by atoms with Gasteiger partial charge in [0.25, 0.3) is 0 Å². The van der Waals surface area contributed by atoms with Crippen molar-refractivity contribution in [1.82, 2.24) is 9.80 Å².